The Morgan fingerprint density at radius 2 is 2.00 bits per heavy atom. The second kappa shape index (κ2) is 4.49. The van der Waals surface area contributed by atoms with E-state index < -0.39 is 0 Å². The maximum absolute atomic E-state index is 5.77. The van der Waals surface area contributed by atoms with Crippen molar-refractivity contribution < 1.29 is 9.47 Å². The Labute approximate surface area is 117 Å². The summed E-state index contributed by atoms with van der Waals surface area (Å²) in [5.74, 6) is 1.48. The highest BCUT2D eigenvalue weighted by atomic mass is 16.7. The van der Waals surface area contributed by atoms with Crippen LogP contribution in [0, 0.1) is 0 Å². The molecule has 3 rings (SSSR count). The van der Waals surface area contributed by atoms with Gasteiger partial charge in [0.15, 0.2) is 11.5 Å². The summed E-state index contributed by atoms with van der Waals surface area (Å²) in [6, 6.07) is 5.73. The van der Waals surface area contributed by atoms with E-state index in [9.17, 15) is 0 Å². The van der Waals surface area contributed by atoms with Gasteiger partial charge in [-0.3, -0.25) is 0 Å². The molecule has 0 fully saturated rings. The fourth-order valence-corrected chi connectivity index (χ4v) is 2.40. The van der Waals surface area contributed by atoms with Crippen molar-refractivity contribution in [2.75, 3.05) is 6.79 Å². The molecule has 1 aromatic carbocycles. The lowest BCUT2D eigenvalue weighted by molar-refractivity contribution is 0.174. The smallest absolute Gasteiger partial charge is 0.231 e. The first kappa shape index (κ1) is 12.9. The van der Waals surface area contributed by atoms with Crippen LogP contribution < -0.4 is 15.2 Å². The number of nitrogens with two attached hydrogens (primary N) is 1. The van der Waals surface area contributed by atoms with Gasteiger partial charge >= 0.3 is 0 Å². The molecule has 0 radical (unpaired) electrons. The maximum Gasteiger partial charge on any atom is 0.231 e. The van der Waals surface area contributed by atoms with Crippen LogP contribution in [0.3, 0.4) is 0 Å². The number of nitrogens with zero attached hydrogens (tertiary/aromatic N) is 3. The zero-order chi connectivity index (χ0) is 14.3. The zero-order valence-corrected chi connectivity index (χ0v) is 11.9. The lowest BCUT2D eigenvalue weighted by Gasteiger charge is -2.21. The second-order valence-electron chi connectivity index (χ2n) is 5.79. The van der Waals surface area contributed by atoms with Crippen molar-refractivity contribution in [2.24, 2.45) is 5.73 Å². The largest absolute Gasteiger partial charge is 0.454 e. The molecule has 0 aliphatic carbocycles. The molecule has 0 unspecified atom stereocenters. The van der Waals surface area contributed by atoms with Crippen LogP contribution in [0.4, 0.5) is 0 Å². The first-order chi connectivity index (χ1) is 9.50. The number of fused-ring (bicyclic) bond motifs is 1. The Bertz CT molecular complexity index is 643. The highest BCUT2D eigenvalue weighted by Gasteiger charge is 2.26. The van der Waals surface area contributed by atoms with Crippen molar-refractivity contribution in [1.29, 1.82) is 0 Å². The van der Waals surface area contributed by atoms with Gasteiger partial charge in [0.2, 0.25) is 6.79 Å². The summed E-state index contributed by atoms with van der Waals surface area (Å²) in [7, 11) is 0. The summed E-state index contributed by atoms with van der Waals surface area (Å²) in [5, 5.41) is 8.43. The number of ether oxygens (including phenoxy) is 2. The quantitative estimate of drug-likeness (QED) is 0.903. The zero-order valence-electron chi connectivity index (χ0n) is 11.9. The molecular weight excluding hydrogens is 256 g/mol. The predicted molar refractivity (Wildman–Crippen MR) is 74.1 cm³/mol. The van der Waals surface area contributed by atoms with Gasteiger partial charge in [0.05, 0.1) is 11.4 Å². The van der Waals surface area contributed by atoms with E-state index in [1.165, 1.54) is 0 Å². The Morgan fingerprint density at radius 1 is 1.25 bits per heavy atom. The van der Waals surface area contributed by atoms with E-state index in [-0.39, 0.29) is 12.2 Å². The maximum atomic E-state index is 5.77. The third kappa shape index (κ3) is 2.02. The number of rotatable bonds is 2. The monoisotopic (exact) mass is 274 g/mol. The van der Waals surface area contributed by atoms with E-state index in [0.717, 1.165) is 28.6 Å². The molecule has 2 aromatic rings. The second-order valence-corrected chi connectivity index (χ2v) is 5.79. The van der Waals surface area contributed by atoms with Gasteiger partial charge in [0.25, 0.3) is 0 Å². The third-order valence-corrected chi connectivity index (χ3v) is 3.24. The fourth-order valence-electron chi connectivity index (χ4n) is 2.40. The summed E-state index contributed by atoms with van der Waals surface area (Å²) >= 11 is 0. The van der Waals surface area contributed by atoms with Crippen LogP contribution in [0.5, 0.6) is 11.5 Å². The Hall–Kier alpha value is -2.08. The van der Waals surface area contributed by atoms with Gasteiger partial charge in [-0.1, -0.05) is 26.0 Å². The fraction of sp³-hybridized carbons (Fsp3) is 0.429. The molecule has 6 nitrogen and oxygen atoms in total. The normalized spacial score (nSPS) is 13.8. The molecule has 1 aromatic heterocycles. The van der Waals surface area contributed by atoms with Crippen molar-refractivity contribution in [2.45, 2.75) is 32.7 Å². The summed E-state index contributed by atoms with van der Waals surface area (Å²) in [5.41, 5.74) is 8.39. The number of hydrogen-bond acceptors (Lipinski definition) is 5. The molecule has 1 aliphatic heterocycles. The lowest BCUT2D eigenvalue weighted by atomic mass is 9.90. The first-order valence-corrected chi connectivity index (χ1v) is 6.56. The van der Waals surface area contributed by atoms with Crippen molar-refractivity contribution in [3.8, 4) is 17.2 Å². The molecule has 0 saturated heterocycles. The number of hydrogen-bond donors (Lipinski definition) is 1. The van der Waals surface area contributed by atoms with Crippen molar-refractivity contribution in [1.82, 2.24) is 15.0 Å². The van der Waals surface area contributed by atoms with E-state index in [4.69, 9.17) is 15.2 Å². The minimum Gasteiger partial charge on any atom is -0.454 e. The van der Waals surface area contributed by atoms with Gasteiger partial charge in [0, 0.05) is 18.0 Å². The Morgan fingerprint density at radius 3 is 2.70 bits per heavy atom. The molecule has 6 heteroatoms. The standard InChI is InChI=1S/C14H18N4O2/c1-14(2,3)13-10(7-15)16-17-18(13)9-4-5-11-12(6-9)20-8-19-11/h4-6H,7-8,15H2,1-3H3. The van der Waals surface area contributed by atoms with E-state index >= 15 is 0 Å². The van der Waals surface area contributed by atoms with Gasteiger partial charge in [-0.2, -0.15) is 0 Å². The summed E-state index contributed by atoms with van der Waals surface area (Å²) in [6.07, 6.45) is 0. The number of benzene rings is 1. The van der Waals surface area contributed by atoms with E-state index in [1.807, 2.05) is 22.9 Å². The van der Waals surface area contributed by atoms with Crippen molar-refractivity contribution in [3.05, 3.63) is 29.6 Å². The topological polar surface area (TPSA) is 75.2 Å². The lowest BCUT2D eigenvalue weighted by Crippen LogP contribution is -2.20. The summed E-state index contributed by atoms with van der Waals surface area (Å²) in [4.78, 5) is 0. The molecule has 0 bridgehead atoms. The van der Waals surface area contributed by atoms with Crippen LogP contribution in [-0.2, 0) is 12.0 Å². The molecule has 0 atom stereocenters. The Kier molecular flexibility index (Phi) is 2.90. The molecule has 0 spiro atoms. The van der Waals surface area contributed by atoms with Crippen molar-refractivity contribution >= 4 is 0 Å². The minimum absolute atomic E-state index is 0.103. The molecular formula is C14H18N4O2. The van der Waals surface area contributed by atoms with Gasteiger partial charge in [-0.25, -0.2) is 4.68 Å². The van der Waals surface area contributed by atoms with Gasteiger partial charge in [0.1, 0.15) is 5.69 Å². The Balaban J connectivity index is 2.13. The van der Waals surface area contributed by atoms with Crippen molar-refractivity contribution in [3.63, 3.8) is 0 Å². The van der Waals surface area contributed by atoms with Crippen LogP contribution >= 0.6 is 0 Å². The number of aromatic nitrogens is 3. The van der Waals surface area contributed by atoms with Gasteiger partial charge in [-0.15, -0.1) is 5.10 Å². The van der Waals surface area contributed by atoms with E-state index in [2.05, 4.69) is 31.1 Å². The summed E-state index contributed by atoms with van der Waals surface area (Å²) < 4.78 is 12.6. The third-order valence-electron chi connectivity index (χ3n) is 3.24. The van der Waals surface area contributed by atoms with Gasteiger partial charge < -0.3 is 15.2 Å². The van der Waals surface area contributed by atoms with E-state index in [0.29, 0.717) is 6.54 Å². The van der Waals surface area contributed by atoms with E-state index in [1.54, 1.807) is 0 Å². The highest BCUT2D eigenvalue weighted by molar-refractivity contribution is 5.50. The molecule has 2 N–H and O–H groups in total. The average Bonchev–Trinajstić information content (AvgIpc) is 3.03. The first-order valence-electron chi connectivity index (χ1n) is 6.56. The molecule has 20 heavy (non-hydrogen) atoms. The summed E-state index contributed by atoms with van der Waals surface area (Å²) in [6.45, 7) is 6.99. The van der Waals surface area contributed by atoms with Crippen LogP contribution in [-0.4, -0.2) is 21.8 Å². The molecule has 2 heterocycles. The molecule has 1 aliphatic rings. The van der Waals surface area contributed by atoms with Crippen LogP contribution in [0.2, 0.25) is 0 Å². The van der Waals surface area contributed by atoms with Crippen LogP contribution in [0.25, 0.3) is 5.69 Å². The predicted octanol–water partition coefficient (Wildman–Crippen LogP) is 1.75. The molecule has 106 valence electrons. The van der Waals surface area contributed by atoms with Crippen LogP contribution in [0.1, 0.15) is 32.2 Å². The molecule has 0 amide bonds. The minimum atomic E-state index is -0.103. The highest BCUT2D eigenvalue weighted by Crippen LogP contribution is 2.35. The van der Waals surface area contributed by atoms with Crippen LogP contribution in [0.15, 0.2) is 18.2 Å². The van der Waals surface area contributed by atoms with Gasteiger partial charge in [-0.05, 0) is 12.1 Å². The molecule has 0 saturated carbocycles. The SMILES string of the molecule is CC(C)(C)c1c(CN)nnn1-c1ccc2c(c1)OCO2. The average molecular weight is 274 g/mol.